The minimum Gasteiger partial charge on any atom is -0.447 e. The summed E-state index contributed by atoms with van der Waals surface area (Å²) in [7, 11) is -3.77. The molecule has 1 aliphatic carbocycles. The van der Waals surface area contributed by atoms with Gasteiger partial charge < -0.3 is 15.4 Å². The van der Waals surface area contributed by atoms with Crippen molar-refractivity contribution in [3.8, 4) is 10.4 Å². The van der Waals surface area contributed by atoms with Gasteiger partial charge in [-0.25, -0.2) is 27.9 Å². The predicted molar refractivity (Wildman–Crippen MR) is 158 cm³/mol. The molecule has 0 spiro atoms. The normalized spacial score (nSPS) is 17.7. The zero-order valence-corrected chi connectivity index (χ0v) is 25.2. The minimum absolute atomic E-state index is 0.0877. The first-order valence-corrected chi connectivity index (χ1v) is 16.0. The summed E-state index contributed by atoms with van der Waals surface area (Å²) in [4.78, 5) is 26.5. The molecule has 12 heteroatoms. The first-order valence-electron chi connectivity index (χ1n) is 13.7. The monoisotopic (exact) mass is 586 g/mol. The molecular weight excluding hydrogens is 548 g/mol. The van der Waals surface area contributed by atoms with Crippen molar-refractivity contribution in [1.82, 2.24) is 25.0 Å². The summed E-state index contributed by atoms with van der Waals surface area (Å²) in [5.41, 5.74) is 2.05. The maximum absolute atomic E-state index is 13.2. The number of anilines is 2. The summed E-state index contributed by atoms with van der Waals surface area (Å²) >= 11 is 1.52. The molecule has 3 aromatic rings. The zero-order chi connectivity index (χ0) is 28.9. The Kier molecular flexibility index (Phi) is 9.75. The fourth-order valence-electron chi connectivity index (χ4n) is 4.66. The van der Waals surface area contributed by atoms with E-state index in [2.05, 4.69) is 30.3 Å². The molecule has 2 aromatic heterocycles. The number of hydrogen-bond donors (Lipinski definition) is 3. The van der Waals surface area contributed by atoms with Crippen LogP contribution in [0.4, 0.5) is 16.3 Å². The third-order valence-electron chi connectivity index (χ3n) is 6.65. The van der Waals surface area contributed by atoms with Crippen LogP contribution in [0.15, 0.2) is 41.7 Å². The van der Waals surface area contributed by atoms with E-state index in [1.54, 1.807) is 31.6 Å². The van der Waals surface area contributed by atoms with E-state index in [1.165, 1.54) is 11.3 Å². The summed E-state index contributed by atoms with van der Waals surface area (Å²) in [5, 5.41) is 7.13. The van der Waals surface area contributed by atoms with Gasteiger partial charge in [0, 0.05) is 42.1 Å². The lowest BCUT2D eigenvalue weighted by molar-refractivity contribution is 0.109. The molecule has 0 bridgehead atoms. The molecule has 0 saturated heterocycles. The Bertz CT molecular complexity index is 1420. The molecule has 216 valence electrons. The summed E-state index contributed by atoms with van der Waals surface area (Å²) in [6, 6.07) is 5.37. The number of hydrogen-bond acceptors (Lipinski definition) is 9. The Balaban J connectivity index is 1.53. The van der Waals surface area contributed by atoms with Gasteiger partial charge in [-0.1, -0.05) is 26.8 Å². The van der Waals surface area contributed by atoms with Crippen LogP contribution in [-0.4, -0.2) is 48.2 Å². The first-order chi connectivity index (χ1) is 19.1. The second kappa shape index (κ2) is 13.0. The van der Waals surface area contributed by atoms with E-state index in [-0.39, 0.29) is 41.5 Å². The van der Waals surface area contributed by atoms with Gasteiger partial charge in [0.1, 0.15) is 5.82 Å². The van der Waals surface area contributed by atoms with Crippen molar-refractivity contribution in [1.29, 1.82) is 0 Å². The molecule has 0 aliphatic heterocycles. The zero-order valence-electron chi connectivity index (χ0n) is 23.6. The van der Waals surface area contributed by atoms with Crippen LogP contribution in [0.25, 0.3) is 10.4 Å². The molecule has 2 heterocycles. The van der Waals surface area contributed by atoms with E-state index in [0.29, 0.717) is 17.1 Å². The number of benzene rings is 1. The van der Waals surface area contributed by atoms with Crippen molar-refractivity contribution in [2.75, 3.05) is 11.9 Å². The smallest absolute Gasteiger partial charge is 0.407 e. The number of ether oxygens (including phenoxy) is 1. The lowest BCUT2D eigenvalue weighted by atomic mass is 9.86. The van der Waals surface area contributed by atoms with Crippen molar-refractivity contribution in [2.24, 2.45) is 0 Å². The summed E-state index contributed by atoms with van der Waals surface area (Å²) in [6.07, 6.45) is 8.04. The van der Waals surface area contributed by atoms with Gasteiger partial charge in [-0.05, 0) is 57.6 Å². The average molecular weight is 587 g/mol. The van der Waals surface area contributed by atoms with E-state index in [1.807, 2.05) is 39.8 Å². The number of aromatic nitrogens is 3. The molecule has 0 radical (unpaired) electrons. The predicted octanol–water partition coefficient (Wildman–Crippen LogP) is 5.93. The highest BCUT2D eigenvalue weighted by Gasteiger charge is 2.27. The highest BCUT2D eigenvalue weighted by atomic mass is 32.2. The van der Waals surface area contributed by atoms with E-state index >= 15 is 0 Å². The van der Waals surface area contributed by atoms with Gasteiger partial charge >= 0.3 is 6.09 Å². The van der Waals surface area contributed by atoms with E-state index in [0.717, 1.165) is 41.3 Å². The molecule has 1 fully saturated rings. The molecule has 1 aromatic carbocycles. The molecule has 40 heavy (non-hydrogen) atoms. The maximum Gasteiger partial charge on any atom is 0.407 e. The van der Waals surface area contributed by atoms with Gasteiger partial charge in [0.2, 0.25) is 10.0 Å². The van der Waals surface area contributed by atoms with Crippen LogP contribution in [-0.2, 0) is 14.8 Å². The van der Waals surface area contributed by atoms with Crippen molar-refractivity contribution >= 4 is 39.0 Å². The number of carbonyl (C=O) groups is 1. The Morgan fingerprint density at radius 3 is 2.52 bits per heavy atom. The van der Waals surface area contributed by atoms with E-state index in [4.69, 9.17) is 4.74 Å². The lowest BCUT2D eigenvalue weighted by Crippen LogP contribution is -2.38. The second-order valence-electron chi connectivity index (χ2n) is 10.5. The quantitative estimate of drug-likeness (QED) is 0.266. The number of thiazole rings is 1. The number of rotatable bonds is 10. The fraction of sp³-hybridized carbons (Fsp3) is 0.500. The number of nitrogens with zero attached hydrogens (tertiary/aromatic N) is 3. The SMILES string of the molecule is CCNS(=O)(=O)c1cc(Nc2cncc(C(C)C)n2)ccc1-c1cnc(C2CCC(NC(=O)OC(C)C)CC2)s1. The summed E-state index contributed by atoms with van der Waals surface area (Å²) in [5.74, 6) is 1.03. The standard InChI is InChI=1S/C28H38N6O4S2/c1-6-31-40(36,37)25-13-21(32-26-16-29-14-23(34-26)17(2)3)11-12-22(25)24-15-30-27(39-24)19-7-9-20(10-8-19)33-28(35)38-18(4)5/h11-20,31H,6-10H2,1-5H3,(H,32,34)(H,33,35). The molecule has 1 aliphatic rings. The Hall–Kier alpha value is -3.09. The van der Waals surface area contributed by atoms with Crippen LogP contribution in [0.1, 0.15) is 82.8 Å². The highest BCUT2D eigenvalue weighted by molar-refractivity contribution is 7.89. The largest absolute Gasteiger partial charge is 0.447 e. The summed E-state index contributed by atoms with van der Waals surface area (Å²) in [6.45, 7) is 9.77. The van der Waals surface area contributed by atoms with Gasteiger partial charge in [0.25, 0.3) is 0 Å². The lowest BCUT2D eigenvalue weighted by Gasteiger charge is -2.28. The second-order valence-corrected chi connectivity index (χ2v) is 13.3. The average Bonchev–Trinajstić information content (AvgIpc) is 3.39. The number of carbonyl (C=O) groups excluding carboxylic acids is 1. The molecule has 4 rings (SSSR count). The maximum atomic E-state index is 13.2. The minimum atomic E-state index is -3.77. The van der Waals surface area contributed by atoms with Crippen LogP contribution in [0.2, 0.25) is 0 Å². The number of amides is 1. The third kappa shape index (κ3) is 7.55. The summed E-state index contributed by atoms with van der Waals surface area (Å²) < 4.78 is 34.3. The topological polar surface area (TPSA) is 135 Å². The molecule has 0 atom stereocenters. The molecule has 1 saturated carbocycles. The van der Waals surface area contributed by atoms with Gasteiger partial charge in [-0.2, -0.15) is 0 Å². The fourth-order valence-corrected chi connectivity index (χ4v) is 7.14. The first kappa shape index (κ1) is 29.9. The van der Waals surface area contributed by atoms with Crippen LogP contribution in [0.3, 0.4) is 0 Å². The van der Waals surface area contributed by atoms with Crippen LogP contribution >= 0.6 is 11.3 Å². The molecular formula is C28H38N6O4S2. The van der Waals surface area contributed by atoms with Crippen molar-refractivity contribution in [2.45, 2.75) is 89.2 Å². The van der Waals surface area contributed by atoms with E-state index in [9.17, 15) is 13.2 Å². The third-order valence-corrected chi connectivity index (χ3v) is 9.43. The molecule has 1 amide bonds. The van der Waals surface area contributed by atoms with Crippen molar-refractivity contribution in [3.63, 3.8) is 0 Å². The number of alkyl carbamates (subject to hydrolysis) is 1. The number of sulfonamides is 1. The van der Waals surface area contributed by atoms with Crippen molar-refractivity contribution in [3.05, 3.63) is 47.5 Å². The van der Waals surface area contributed by atoms with Crippen LogP contribution in [0, 0.1) is 0 Å². The van der Waals surface area contributed by atoms with Gasteiger partial charge in [-0.3, -0.25) is 4.98 Å². The van der Waals surface area contributed by atoms with Gasteiger partial charge in [0.05, 0.1) is 32.8 Å². The highest BCUT2D eigenvalue weighted by Crippen LogP contribution is 2.40. The Morgan fingerprint density at radius 1 is 1.10 bits per heavy atom. The van der Waals surface area contributed by atoms with Gasteiger partial charge in [0.15, 0.2) is 0 Å². The van der Waals surface area contributed by atoms with Crippen LogP contribution in [0.5, 0.6) is 0 Å². The molecule has 10 nitrogen and oxygen atoms in total. The Labute approximate surface area is 240 Å². The van der Waals surface area contributed by atoms with E-state index < -0.39 is 10.0 Å². The number of nitrogens with one attached hydrogen (secondary N) is 3. The van der Waals surface area contributed by atoms with Gasteiger partial charge in [-0.15, -0.1) is 11.3 Å². The molecule has 3 N–H and O–H groups in total. The van der Waals surface area contributed by atoms with Crippen molar-refractivity contribution < 1.29 is 17.9 Å². The molecule has 0 unspecified atom stereocenters. The Morgan fingerprint density at radius 2 is 1.85 bits per heavy atom. The van der Waals surface area contributed by atoms with Crippen LogP contribution < -0.4 is 15.4 Å².